The van der Waals surface area contributed by atoms with Gasteiger partial charge < -0.3 is 32.8 Å². The first-order valence-corrected chi connectivity index (χ1v) is 7.65. The average Bonchev–Trinajstić information content (AvgIpc) is 2.54. The van der Waals surface area contributed by atoms with Crippen LogP contribution >= 0.6 is 31.9 Å². The molecule has 0 bridgehead atoms. The lowest BCUT2D eigenvalue weighted by atomic mass is 10.4. The van der Waals surface area contributed by atoms with Gasteiger partial charge in [-0.1, -0.05) is 0 Å². The summed E-state index contributed by atoms with van der Waals surface area (Å²) in [6.45, 7) is 0. The van der Waals surface area contributed by atoms with Gasteiger partial charge in [0.2, 0.25) is 0 Å². The van der Waals surface area contributed by atoms with Crippen molar-refractivity contribution in [1.29, 1.82) is 0 Å². The number of esters is 1. The average molecular weight is 480 g/mol. The molecule has 134 valence electrons. The van der Waals surface area contributed by atoms with E-state index in [-0.39, 0.29) is 43.9 Å². The summed E-state index contributed by atoms with van der Waals surface area (Å²) in [6.07, 6.45) is 0. The number of rotatable bonds is 2. The first-order chi connectivity index (χ1) is 11.6. The Morgan fingerprint density at radius 1 is 0.840 bits per heavy atom. The summed E-state index contributed by atoms with van der Waals surface area (Å²) in [5, 5.41) is 8.54. The second-order valence-corrected chi connectivity index (χ2v) is 5.57. The molecule has 0 aliphatic rings. The Morgan fingerprint density at radius 3 is 1.64 bits per heavy atom. The van der Waals surface area contributed by atoms with Crippen molar-refractivity contribution in [1.82, 2.24) is 19.9 Å². The fourth-order valence-corrected chi connectivity index (χ4v) is 1.82. The predicted octanol–water partition coefficient (Wildman–Crippen LogP) is 0.292. The number of aromatic carboxylic acids is 1. The first-order valence-electron chi connectivity index (χ1n) is 6.07. The summed E-state index contributed by atoms with van der Waals surface area (Å²) in [4.78, 5) is 36.1. The van der Waals surface area contributed by atoms with E-state index in [1.807, 2.05) is 0 Å². The van der Waals surface area contributed by atoms with Crippen molar-refractivity contribution in [2.75, 3.05) is 30.0 Å². The van der Waals surface area contributed by atoms with Gasteiger partial charge in [-0.15, -0.1) is 0 Å². The zero-order chi connectivity index (χ0) is 19.3. The van der Waals surface area contributed by atoms with Crippen molar-refractivity contribution in [2.24, 2.45) is 0 Å². The first kappa shape index (κ1) is 20.3. The zero-order valence-corrected chi connectivity index (χ0v) is 15.7. The van der Waals surface area contributed by atoms with Gasteiger partial charge in [0, 0.05) is 0 Å². The summed E-state index contributed by atoms with van der Waals surface area (Å²) in [5.74, 6) is -1.93. The third-order valence-corrected chi connectivity index (χ3v) is 3.56. The van der Waals surface area contributed by atoms with E-state index in [0.717, 1.165) is 0 Å². The molecule has 0 aromatic carbocycles. The highest BCUT2D eigenvalue weighted by Crippen LogP contribution is 2.18. The van der Waals surface area contributed by atoms with Crippen molar-refractivity contribution in [3.8, 4) is 0 Å². The number of carboxylic acid groups (broad SMARTS) is 1. The van der Waals surface area contributed by atoms with Crippen LogP contribution in [0.5, 0.6) is 0 Å². The molecule has 0 radical (unpaired) electrons. The molecule has 9 N–H and O–H groups in total. The molecule has 14 heteroatoms. The summed E-state index contributed by atoms with van der Waals surface area (Å²) in [6, 6.07) is 0. The Kier molecular flexibility index (Phi) is 6.81. The highest BCUT2D eigenvalue weighted by Gasteiger charge is 2.15. The molecule has 12 nitrogen and oxygen atoms in total. The lowest BCUT2D eigenvalue weighted by Gasteiger charge is -2.03. The second kappa shape index (κ2) is 8.39. The summed E-state index contributed by atoms with van der Waals surface area (Å²) >= 11 is 5.95. The van der Waals surface area contributed by atoms with Crippen LogP contribution in [0.4, 0.5) is 23.3 Å². The van der Waals surface area contributed by atoms with Crippen LogP contribution in [0.1, 0.15) is 21.0 Å². The van der Waals surface area contributed by atoms with Crippen molar-refractivity contribution in [3.63, 3.8) is 0 Å². The number of hydrogen-bond donors (Lipinski definition) is 5. The van der Waals surface area contributed by atoms with Crippen LogP contribution in [-0.4, -0.2) is 44.1 Å². The molecule has 2 heterocycles. The number of nitrogens with two attached hydrogens (primary N) is 4. The minimum Gasteiger partial charge on any atom is -0.476 e. The van der Waals surface area contributed by atoms with Crippen LogP contribution in [0.2, 0.25) is 0 Å². The van der Waals surface area contributed by atoms with Crippen molar-refractivity contribution < 1.29 is 19.4 Å². The number of anilines is 4. The second-order valence-electron chi connectivity index (χ2n) is 4.06. The highest BCUT2D eigenvalue weighted by atomic mass is 79.9. The third-order valence-electron chi connectivity index (χ3n) is 2.39. The summed E-state index contributed by atoms with van der Waals surface area (Å²) in [5.41, 5.74) is 20.9. The van der Waals surface area contributed by atoms with Gasteiger partial charge in [-0.3, -0.25) is 0 Å². The van der Waals surface area contributed by atoms with Crippen LogP contribution < -0.4 is 22.9 Å². The normalized spacial score (nSPS) is 9.72. The molecule has 0 unspecified atom stereocenters. The van der Waals surface area contributed by atoms with Crippen LogP contribution in [0.15, 0.2) is 9.21 Å². The molecule has 0 spiro atoms. The molecular formula is C11H12Br2N8O4. The Bertz CT molecular complexity index is 832. The minimum absolute atomic E-state index is 0.0486. The van der Waals surface area contributed by atoms with E-state index < -0.39 is 11.9 Å². The number of carbonyl (C=O) groups is 2. The largest absolute Gasteiger partial charge is 0.476 e. The molecule has 0 saturated heterocycles. The van der Waals surface area contributed by atoms with Gasteiger partial charge in [0.25, 0.3) is 0 Å². The predicted molar refractivity (Wildman–Crippen MR) is 95.4 cm³/mol. The maximum Gasteiger partial charge on any atom is 0.360 e. The zero-order valence-electron chi connectivity index (χ0n) is 12.5. The maximum absolute atomic E-state index is 11.0. The van der Waals surface area contributed by atoms with Gasteiger partial charge in [-0.05, 0) is 31.9 Å². The van der Waals surface area contributed by atoms with Crippen molar-refractivity contribution >= 4 is 67.1 Å². The van der Waals surface area contributed by atoms with Gasteiger partial charge in [0.1, 0.15) is 9.21 Å². The standard InChI is InChI=1S/C6H7BrN4O2.C5H5BrN4O2/c1-13-6(12)2-4(8)11-5(9)3(7)10-2;6-2-4(8)10-3(7)1(9-2)5(11)12/h1H3,(H4,8,9,11);(H,11,12)(H4,7,8,10). The van der Waals surface area contributed by atoms with Crippen molar-refractivity contribution in [3.05, 3.63) is 20.6 Å². The molecule has 2 aromatic heterocycles. The number of carboxylic acids is 1. The quantitative estimate of drug-likeness (QED) is 0.366. The molecule has 2 rings (SSSR count). The minimum atomic E-state index is -1.24. The number of hydrogen-bond acceptors (Lipinski definition) is 11. The Balaban J connectivity index is 0.000000251. The van der Waals surface area contributed by atoms with Gasteiger partial charge in [0.15, 0.2) is 34.7 Å². The topological polar surface area (TPSA) is 219 Å². The number of nitrogen functional groups attached to an aromatic ring is 4. The number of nitrogens with zero attached hydrogens (tertiary/aromatic N) is 4. The van der Waals surface area contributed by atoms with Gasteiger partial charge >= 0.3 is 11.9 Å². The molecule has 0 amide bonds. The van der Waals surface area contributed by atoms with Crippen LogP contribution in [0.25, 0.3) is 0 Å². The van der Waals surface area contributed by atoms with E-state index in [1.54, 1.807) is 0 Å². The van der Waals surface area contributed by atoms with Gasteiger partial charge in [-0.25, -0.2) is 29.5 Å². The monoisotopic (exact) mass is 478 g/mol. The third kappa shape index (κ3) is 5.12. The van der Waals surface area contributed by atoms with E-state index in [1.165, 1.54) is 7.11 Å². The smallest absolute Gasteiger partial charge is 0.360 e. The summed E-state index contributed by atoms with van der Waals surface area (Å²) < 4.78 is 4.87. The number of methoxy groups -OCH3 is 1. The van der Waals surface area contributed by atoms with E-state index in [9.17, 15) is 9.59 Å². The molecule has 0 atom stereocenters. The van der Waals surface area contributed by atoms with E-state index in [0.29, 0.717) is 0 Å². The fraction of sp³-hybridized carbons (Fsp3) is 0.0909. The molecule has 0 fully saturated rings. The van der Waals surface area contributed by atoms with Crippen LogP contribution in [0, 0.1) is 0 Å². The molecular weight excluding hydrogens is 468 g/mol. The molecule has 2 aromatic rings. The van der Waals surface area contributed by atoms with Crippen LogP contribution in [0.3, 0.4) is 0 Å². The Labute approximate surface area is 157 Å². The lowest BCUT2D eigenvalue weighted by Crippen LogP contribution is -2.12. The number of carbonyl (C=O) groups excluding carboxylic acids is 1. The molecule has 0 saturated carbocycles. The van der Waals surface area contributed by atoms with Crippen molar-refractivity contribution in [2.45, 2.75) is 0 Å². The lowest BCUT2D eigenvalue weighted by molar-refractivity contribution is 0.0594. The number of aromatic nitrogens is 4. The molecule has 0 aliphatic carbocycles. The van der Waals surface area contributed by atoms with Crippen LogP contribution in [-0.2, 0) is 4.74 Å². The van der Waals surface area contributed by atoms with Gasteiger partial charge in [-0.2, -0.15) is 0 Å². The Morgan fingerprint density at radius 2 is 1.24 bits per heavy atom. The highest BCUT2D eigenvalue weighted by molar-refractivity contribution is 9.10. The Hall–Kier alpha value is -2.74. The maximum atomic E-state index is 11.0. The SMILES string of the molecule is COC(=O)c1nc(Br)c(N)nc1N.Nc1nc(N)c(C(=O)O)nc1Br. The molecule has 0 aliphatic heterocycles. The molecule has 25 heavy (non-hydrogen) atoms. The summed E-state index contributed by atoms with van der Waals surface area (Å²) in [7, 11) is 1.23. The number of halogens is 2. The van der Waals surface area contributed by atoms with E-state index in [2.05, 4.69) is 56.5 Å². The van der Waals surface area contributed by atoms with Gasteiger partial charge in [0.05, 0.1) is 7.11 Å². The van der Waals surface area contributed by atoms with E-state index in [4.69, 9.17) is 28.0 Å². The number of ether oxygens (including phenoxy) is 1. The fourth-order valence-electron chi connectivity index (χ4n) is 1.29. The van der Waals surface area contributed by atoms with E-state index >= 15 is 0 Å².